The maximum Gasteiger partial charge on any atom is 0.309 e. The van der Waals surface area contributed by atoms with Crippen LogP contribution in [0.1, 0.15) is 66.8 Å². The summed E-state index contributed by atoms with van der Waals surface area (Å²) < 4.78 is 29.1. The fourth-order valence-electron chi connectivity index (χ4n) is 3.94. The molecule has 0 bridgehead atoms. The van der Waals surface area contributed by atoms with Crippen molar-refractivity contribution in [2.75, 3.05) is 0 Å². The summed E-state index contributed by atoms with van der Waals surface area (Å²) in [5, 5.41) is 9.32. The van der Waals surface area contributed by atoms with E-state index in [2.05, 4.69) is 4.98 Å². The smallest absolute Gasteiger partial charge is 0.309 e. The van der Waals surface area contributed by atoms with Gasteiger partial charge in [0.05, 0.1) is 11.5 Å². The van der Waals surface area contributed by atoms with E-state index >= 15 is 0 Å². The van der Waals surface area contributed by atoms with Crippen LogP contribution in [0.4, 0.5) is 0 Å². The van der Waals surface area contributed by atoms with E-state index in [1.807, 2.05) is 37.3 Å². The topological polar surface area (TPSA) is 105 Å². The summed E-state index contributed by atoms with van der Waals surface area (Å²) in [4.78, 5) is 28.3. The van der Waals surface area contributed by atoms with Crippen LogP contribution in [0.3, 0.4) is 0 Å². The fourth-order valence-corrected chi connectivity index (χ4v) is 5.56. The first kappa shape index (κ1) is 27.2. The molecule has 8 heteroatoms. The number of Topliss-reactive ketones (excluding diaryl/α,β-unsaturated/α-hetero) is 1. The molecule has 36 heavy (non-hydrogen) atoms. The normalized spacial score (nSPS) is 12.9. The molecule has 0 radical (unpaired) electrons. The Balaban J connectivity index is 1.95. The molecule has 1 heterocycles. The maximum atomic E-state index is 13.8. The molecular formula is C28H32N2O5S. The van der Waals surface area contributed by atoms with Gasteiger partial charge in [-0.15, -0.1) is 0 Å². The summed E-state index contributed by atoms with van der Waals surface area (Å²) in [7, 11) is -3.90. The number of carboxylic acid groups (broad SMARTS) is 1. The number of ketones is 1. The summed E-state index contributed by atoms with van der Waals surface area (Å²) in [6, 6.07) is 19.0. The number of nitrogens with zero attached hydrogens (tertiary/aromatic N) is 2. The zero-order valence-electron chi connectivity index (χ0n) is 21.0. The number of hydrogen-bond donors (Lipinski definition) is 1. The first-order valence-corrected chi connectivity index (χ1v) is 13.2. The Morgan fingerprint density at radius 3 is 2.17 bits per heavy atom. The lowest BCUT2D eigenvalue weighted by Crippen LogP contribution is -2.34. The van der Waals surface area contributed by atoms with Crippen molar-refractivity contribution in [3.63, 3.8) is 0 Å². The zero-order valence-corrected chi connectivity index (χ0v) is 21.8. The molecule has 1 unspecified atom stereocenters. The second-order valence-electron chi connectivity index (χ2n) is 9.51. The highest BCUT2D eigenvalue weighted by molar-refractivity contribution is 7.89. The van der Waals surface area contributed by atoms with Crippen LogP contribution in [0.5, 0.6) is 0 Å². The van der Waals surface area contributed by atoms with Crippen LogP contribution < -0.4 is 0 Å². The van der Waals surface area contributed by atoms with Crippen LogP contribution >= 0.6 is 0 Å². The van der Waals surface area contributed by atoms with Gasteiger partial charge in [-0.2, -0.15) is 4.31 Å². The molecule has 3 rings (SSSR count). The number of aromatic nitrogens is 1. The molecule has 1 atom stereocenters. The molecule has 3 aromatic rings. The third-order valence-electron chi connectivity index (χ3n) is 6.21. The number of sulfonamides is 1. The van der Waals surface area contributed by atoms with Crippen molar-refractivity contribution in [2.24, 2.45) is 5.41 Å². The van der Waals surface area contributed by atoms with Crippen molar-refractivity contribution in [3.05, 3.63) is 95.3 Å². The monoisotopic (exact) mass is 508 g/mol. The quantitative estimate of drug-likeness (QED) is 0.347. The molecule has 2 aromatic carbocycles. The molecule has 190 valence electrons. The molecule has 0 saturated heterocycles. The lowest BCUT2D eigenvalue weighted by Gasteiger charge is -2.31. The predicted octanol–water partition coefficient (Wildman–Crippen LogP) is 5.42. The van der Waals surface area contributed by atoms with Crippen molar-refractivity contribution in [3.8, 4) is 0 Å². The molecule has 0 fully saturated rings. The van der Waals surface area contributed by atoms with Crippen LogP contribution in [0.2, 0.25) is 0 Å². The van der Waals surface area contributed by atoms with E-state index in [1.54, 1.807) is 43.3 Å². The molecule has 0 aliphatic rings. The Morgan fingerprint density at radius 1 is 1.00 bits per heavy atom. The zero-order chi connectivity index (χ0) is 26.5. The van der Waals surface area contributed by atoms with E-state index in [9.17, 15) is 23.1 Å². The number of carbonyl (C=O) groups is 2. The van der Waals surface area contributed by atoms with Crippen LogP contribution in [0.25, 0.3) is 0 Å². The maximum absolute atomic E-state index is 13.8. The molecule has 1 N–H and O–H groups in total. The average molecular weight is 509 g/mol. The molecule has 0 amide bonds. The van der Waals surface area contributed by atoms with Crippen molar-refractivity contribution >= 4 is 21.8 Å². The Bertz CT molecular complexity index is 1300. The second-order valence-corrected chi connectivity index (χ2v) is 11.4. The van der Waals surface area contributed by atoms with Gasteiger partial charge >= 0.3 is 5.97 Å². The van der Waals surface area contributed by atoms with E-state index < -0.39 is 27.4 Å². The highest BCUT2D eigenvalue weighted by atomic mass is 32.2. The van der Waals surface area contributed by atoms with E-state index in [4.69, 9.17) is 0 Å². The number of pyridine rings is 1. The Morgan fingerprint density at radius 2 is 1.64 bits per heavy atom. The van der Waals surface area contributed by atoms with Gasteiger partial charge in [0.15, 0.2) is 5.78 Å². The summed E-state index contributed by atoms with van der Waals surface area (Å²) >= 11 is 0. The summed E-state index contributed by atoms with van der Waals surface area (Å²) in [5.74, 6) is -1.31. The Kier molecular flexibility index (Phi) is 8.43. The van der Waals surface area contributed by atoms with Crippen molar-refractivity contribution in [1.82, 2.24) is 9.29 Å². The van der Waals surface area contributed by atoms with Gasteiger partial charge in [0.2, 0.25) is 10.0 Å². The van der Waals surface area contributed by atoms with Crippen LogP contribution in [-0.4, -0.2) is 34.6 Å². The Labute approximate surface area is 212 Å². The van der Waals surface area contributed by atoms with Gasteiger partial charge in [0, 0.05) is 30.4 Å². The van der Waals surface area contributed by atoms with E-state index in [0.717, 1.165) is 11.3 Å². The van der Waals surface area contributed by atoms with Crippen molar-refractivity contribution in [2.45, 2.75) is 58.0 Å². The van der Waals surface area contributed by atoms with Crippen molar-refractivity contribution in [1.29, 1.82) is 0 Å². The van der Waals surface area contributed by atoms with Crippen LogP contribution in [0.15, 0.2) is 77.8 Å². The van der Waals surface area contributed by atoms with E-state index in [1.165, 1.54) is 24.3 Å². The standard InChI is InChI=1S/C28H32N2O5S/c1-5-25(22-9-7-6-8-10-22)30(36(34,35)24-16-11-20(2)29-18-24)19-21-12-14-23(15-13-21)26(31)17-28(3,4)27(32)33/h6-16,18,25H,5,17,19H2,1-4H3,(H,32,33). The number of carboxylic acids is 1. The second kappa shape index (κ2) is 11.1. The summed E-state index contributed by atoms with van der Waals surface area (Å²) in [6.45, 7) is 6.86. The SMILES string of the molecule is CCC(c1ccccc1)N(Cc1ccc(C(=O)CC(C)(C)C(=O)O)cc1)S(=O)(=O)c1ccc(C)nc1. The van der Waals surface area contributed by atoms with Crippen LogP contribution in [0, 0.1) is 12.3 Å². The van der Waals surface area contributed by atoms with E-state index in [-0.39, 0.29) is 23.6 Å². The van der Waals surface area contributed by atoms with Gasteiger partial charge in [-0.25, -0.2) is 8.42 Å². The predicted molar refractivity (Wildman–Crippen MR) is 138 cm³/mol. The van der Waals surface area contributed by atoms with Gasteiger partial charge < -0.3 is 5.11 Å². The molecule has 1 aromatic heterocycles. The van der Waals surface area contributed by atoms with Gasteiger partial charge in [0.1, 0.15) is 4.90 Å². The lowest BCUT2D eigenvalue weighted by atomic mass is 9.85. The van der Waals surface area contributed by atoms with Gasteiger partial charge in [-0.1, -0.05) is 61.5 Å². The van der Waals surface area contributed by atoms with Crippen LogP contribution in [-0.2, 0) is 21.4 Å². The number of carbonyl (C=O) groups excluding carboxylic acids is 1. The lowest BCUT2D eigenvalue weighted by molar-refractivity contribution is -0.146. The number of aliphatic carboxylic acids is 1. The minimum atomic E-state index is -3.90. The first-order valence-electron chi connectivity index (χ1n) is 11.8. The number of rotatable bonds is 11. The van der Waals surface area contributed by atoms with Gasteiger partial charge in [-0.05, 0) is 50.5 Å². The third kappa shape index (κ3) is 6.25. The minimum absolute atomic E-state index is 0.0959. The molecular weight excluding hydrogens is 476 g/mol. The Hall–Kier alpha value is -3.36. The largest absolute Gasteiger partial charge is 0.481 e. The number of hydrogen-bond acceptors (Lipinski definition) is 5. The summed E-state index contributed by atoms with van der Waals surface area (Å²) in [5.41, 5.74) is 1.53. The fraction of sp³-hybridized carbons (Fsp3) is 0.321. The van der Waals surface area contributed by atoms with Gasteiger partial charge in [0.25, 0.3) is 0 Å². The molecule has 7 nitrogen and oxygen atoms in total. The minimum Gasteiger partial charge on any atom is -0.481 e. The molecule has 0 spiro atoms. The highest BCUT2D eigenvalue weighted by Gasteiger charge is 2.33. The average Bonchev–Trinajstić information content (AvgIpc) is 2.85. The highest BCUT2D eigenvalue weighted by Crippen LogP contribution is 2.32. The molecule has 0 aliphatic carbocycles. The first-order chi connectivity index (χ1) is 17.0. The molecule has 0 aliphatic heterocycles. The van der Waals surface area contributed by atoms with E-state index in [0.29, 0.717) is 17.5 Å². The number of aryl methyl sites for hydroxylation is 1. The number of benzene rings is 2. The third-order valence-corrected chi connectivity index (χ3v) is 8.04. The van der Waals surface area contributed by atoms with Crippen molar-refractivity contribution < 1.29 is 23.1 Å². The summed E-state index contributed by atoms with van der Waals surface area (Å²) in [6.07, 6.45) is 1.80. The molecule has 0 saturated carbocycles. The van der Waals surface area contributed by atoms with Gasteiger partial charge in [-0.3, -0.25) is 14.6 Å².